The summed E-state index contributed by atoms with van der Waals surface area (Å²) < 4.78 is 38.0. The molecule has 0 bridgehead atoms. The lowest BCUT2D eigenvalue weighted by molar-refractivity contribution is 0.0799. The molecule has 1 aromatic carbocycles. The van der Waals surface area contributed by atoms with Gasteiger partial charge < -0.3 is 30.6 Å². The maximum absolute atomic E-state index is 14.7. The monoisotopic (exact) mass is 615 g/mol. The summed E-state index contributed by atoms with van der Waals surface area (Å²) in [4.78, 5) is 37.9. The number of carbonyl (C=O) groups excluding carboxylic acids is 1. The van der Waals surface area contributed by atoms with Gasteiger partial charge >= 0.3 is 4.87 Å². The number of hydrogen-bond acceptors (Lipinski definition) is 12. The molecule has 4 aromatic heterocycles. The van der Waals surface area contributed by atoms with Gasteiger partial charge in [-0.3, -0.25) is 19.1 Å². The van der Waals surface area contributed by atoms with Gasteiger partial charge in [0.05, 0.1) is 30.2 Å². The molecule has 17 heteroatoms. The van der Waals surface area contributed by atoms with Crippen molar-refractivity contribution in [2.75, 3.05) is 56.5 Å². The normalized spacial score (nSPS) is 15.0. The number of nitrogens with two attached hydrogens (primary N) is 1. The van der Waals surface area contributed by atoms with Gasteiger partial charge in [0.1, 0.15) is 16.3 Å². The number of aromatic nitrogens is 5. The van der Waals surface area contributed by atoms with E-state index >= 15 is 0 Å². The minimum Gasteiger partial charge on any atom is -0.461 e. The molecule has 5 heterocycles. The lowest BCUT2D eigenvalue weighted by Gasteiger charge is -2.36. The number of anilines is 2. The molecule has 1 amide bonds. The molecule has 1 fully saturated rings. The van der Waals surface area contributed by atoms with Crippen LogP contribution in [0.3, 0.4) is 0 Å². The fourth-order valence-electron chi connectivity index (χ4n) is 4.91. The summed E-state index contributed by atoms with van der Waals surface area (Å²) in [5.41, 5.74) is 6.69. The number of nitrogens with one attached hydrogen (secondary N) is 1. The molecule has 0 saturated carbocycles. The molecule has 0 spiro atoms. The van der Waals surface area contributed by atoms with Gasteiger partial charge in [-0.05, 0) is 18.2 Å². The van der Waals surface area contributed by atoms with E-state index < -0.39 is 30.3 Å². The van der Waals surface area contributed by atoms with Gasteiger partial charge in [0, 0.05) is 51.9 Å². The molecule has 5 N–H and O–H groups in total. The number of furan rings is 1. The van der Waals surface area contributed by atoms with Gasteiger partial charge in [0.2, 0.25) is 11.8 Å². The number of nitrogens with zero attached hydrogens (tertiary/aromatic N) is 7. The highest BCUT2D eigenvalue weighted by Crippen LogP contribution is 2.27. The van der Waals surface area contributed by atoms with Gasteiger partial charge in [0.25, 0.3) is 5.91 Å². The summed E-state index contributed by atoms with van der Waals surface area (Å²) in [7, 11) is 0. The number of aliphatic hydroxyl groups excluding tert-OH is 2. The van der Waals surface area contributed by atoms with Crippen LogP contribution in [0.2, 0.25) is 0 Å². The van der Waals surface area contributed by atoms with Gasteiger partial charge in [-0.2, -0.15) is 9.50 Å². The van der Waals surface area contributed by atoms with Crippen LogP contribution in [-0.2, 0) is 6.54 Å². The predicted octanol–water partition coefficient (Wildman–Crippen LogP) is 0.526. The highest BCUT2D eigenvalue weighted by molar-refractivity contribution is 7.17. The van der Waals surface area contributed by atoms with Crippen LogP contribution < -0.4 is 20.8 Å². The van der Waals surface area contributed by atoms with Crippen LogP contribution in [0.1, 0.15) is 10.4 Å². The predicted molar refractivity (Wildman–Crippen MR) is 153 cm³/mol. The van der Waals surface area contributed by atoms with Crippen molar-refractivity contribution in [1.82, 2.24) is 34.4 Å². The van der Waals surface area contributed by atoms with Crippen LogP contribution in [0.25, 0.3) is 27.6 Å². The van der Waals surface area contributed by atoms with Gasteiger partial charge in [-0.1, -0.05) is 11.3 Å². The van der Waals surface area contributed by atoms with E-state index in [0.717, 1.165) is 17.4 Å². The molecule has 1 saturated heterocycles. The average Bonchev–Trinajstić information content (AvgIpc) is 3.75. The Hall–Kier alpha value is -4.45. The third-order valence-electron chi connectivity index (χ3n) is 7.20. The maximum atomic E-state index is 14.7. The van der Waals surface area contributed by atoms with Crippen LogP contribution in [0.15, 0.2) is 39.7 Å². The van der Waals surface area contributed by atoms with Crippen LogP contribution in [0.5, 0.6) is 0 Å². The molecule has 5 aromatic rings. The zero-order valence-electron chi connectivity index (χ0n) is 22.6. The molecule has 226 valence electrons. The molecule has 1 unspecified atom stereocenters. The lowest BCUT2D eigenvalue weighted by atomic mass is 10.1. The highest BCUT2D eigenvalue weighted by Gasteiger charge is 2.25. The van der Waals surface area contributed by atoms with E-state index in [1.165, 1.54) is 10.8 Å². The summed E-state index contributed by atoms with van der Waals surface area (Å²) in [6, 6.07) is 5.25. The highest BCUT2D eigenvalue weighted by atomic mass is 32.1. The summed E-state index contributed by atoms with van der Waals surface area (Å²) in [5, 5.41) is 25.0. The first-order chi connectivity index (χ1) is 20.7. The van der Waals surface area contributed by atoms with Crippen molar-refractivity contribution in [2.45, 2.75) is 12.6 Å². The number of benzene rings is 1. The number of aliphatic hydroxyl groups is 2. The van der Waals surface area contributed by atoms with Crippen LogP contribution in [0.4, 0.5) is 20.4 Å². The third kappa shape index (κ3) is 5.54. The zero-order valence-corrected chi connectivity index (χ0v) is 23.4. The van der Waals surface area contributed by atoms with Crippen LogP contribution >= 0.6 is 11.3 Å². The molecule has 43 heavy (non-hydrogen) atoms. The Morgan fingerprint density at radius 1 is 1.14 bits per heavy atom. The topological polar surface area (TPSA) is 180 Å². The SMILES string of the molecule is Nc1nc2c(sc(=O)n2CCN2CCN(c3cc(C(=O)NCC(O)CO)c(F)cc3F)CC2)c2nc(-c3ccco3)nn12. The molecule has 6 rings (SSSR count). The number of halogens is 2. The zero-order chi connectivity index (χ0) is 30.2. The maximum Gasteiger partial charge on any atom is 0.309 e. The third-order valence-corrected chi connectivity index (χ3v) is 8.16. The summed E-state index contributed by atoms with van der Waals surface area (Å²) in [5.74, 6) is -1.80. The number of nitrogen functional groups attached to an aromatic ring is 1. The Bertz CT molecular complexity index is 1850. The summed E-state index contributed by atoms with van der Waals surface area (Å²) >= 11 is 1.00. The van der Waals surface area contributed by atoms with Crippen LogP contribution in [0, 0.1) is 11.6 Å². The van der Waals surface area contributed by atoms with Crippen molar-refractivity contribution in [2.24, 2.45) is 0 Å². The van der Waals surface area contributed by atoms with Gasteiger partial charge in [0.15, 0.2) is 17.1 Å². The number of fused-ring (bicyclic) bond motifs is 3. The molecular formula is C26H27F2N9O5S. The van der Waals surface area contributed by atoms with E-state index in [0.29, 0.717) is 72.9 Å². The number of amides is 1. The van der Waals surface area contributed by atoms with E-state index in [4.69, 9.17) is 15.3 Å². The first-order valence-electron chi connectivity index (χ1n) is 13.4. The van der Waals surface area contributed by atoms with Crippen molar-refractivity contribution in [3.05, 3.63) is 57.4 Å². The molecule has 14 nitrogen and oxygen atoms in total. The fraction of sp³-hybridized carbons (Fsp3) is 0.346. The Morgan fingerprint density at radius 3 is 2.65 bits per heavy atom. The van der Waals surface area contributed by atoms with E-state index in [1.54, 1.807) is 21.6 Å². The van der Waals surface area contributed by atoms with Crippen molar-refractivity contribution in [3.63, 3.8) is 0 Å². The number of rotatable bonds is 9. The van der Waals surface area contributed by atoms with Crippen LogP contribution in [-0.4, -0.2) is 97.1 Å². The van der Waals surface area contributed by atoms with Crippen molar-refractivity contribution in [1.29, 1.82) is 0 Å². The minimum absolute atomic E-state index is 0.0759. The molecule has 0 aliphatic carbocycles. The quantitative estimate of drug-likeness (QED) is 0.182. The average molecular weight is 616 g/mol. The smallest absolute Gasteiger partial charge is 0.309 e. The Labute approximate surface area is 245 Å². The van der Waals surface area contributed by atoms with Gasteiger partial charge in [-0.15, -0.1) is 5.10 Å². The second-order valence-corrected chi connectivity index (χ2v) is 10.9. The van der Waals surface area contributed by atoms with E-state index in [2.05, 4.69) is 25.3 Å². The first kappa shape index (κ1) is 28.7. The summed E-state index contributed by atoms with van der Waals surface area (Å²) in [6.07, 6.45) is 0.313. The lowest BCUT2D eigenvalue weighted by Crippen LogP contribution is -2.47. The van der Waals surface area contributed by atoms with Crippen molar-refractivity contribution < 1.29 is 28.2 Å². The largest absolute Gasteiger partial charge is 0.461 e. The first-order valence-corrected chi connectivity index (χ1v) is 14.2. The minimum atomic E-state index is -1.19. The van der Waals surface area contributed by atoms with E-state index in [1.807, 2.05) is 0 Å². The Balaban J connectivity index is 1.14. The molecule has 1 atom stereocenters. The van der Waals surface area contributed by atoms with E-state index in [-0.39, 0.29) is 28.6 Å². The Kier molecular flexibility index (Phi) is 7.78. The number of carbonyl (C=O) groups is 1. The molecule has 0 radical (unpaired) electrons. The summed E-state index contributed by atoms with van der Waals surface area (Å²) in [6.45, 7) is 1.82. The number of hydrogen-bond donors (Lipinski definition) is 4. The standard InChI is InChI=1S/C26H27F2N9O5S/c27-16-11-17(28)18(10-15(16)24(40)30-12-14(39)13-38)35-6-3-34(4-7-35)5-8-36-22-20(43-26(36)41)23-31-21(19-2-1-9-42-19)33-37(23)25(29)32-22/h1-2,9-11,14,38-39H,3-8,12-13H2,(H2,29,32)(H,30,40). The van der Waals surface area contributed by atoms with E-state index in [9.17, 15) is 23.5 Å². The second kappa shape index (κ2) is 11.7. The van der Waals surface area contributed by atoms with Crippen molar-refractivity contribution in [3.8, 4) is 11.6 Å². The van der Waals surface area contributed by atoms with Crippen molar-refractivity contribution >= 4 is 44.9 Å². The number of piperazine rings is 1. The molecular weight excluding hydrogens is 588 g/mol. The molecule has 1 aliphatic heterocycles. The number of thiazole rings is 1. The Morgan fingerprint density at radius 2 is 1.93 bits per heavy atom. The second-order valence-electron chi connectivity index (χ2n) is 9.95. The van der Waals surface area contributed by atoms with Gasteiger partial charge in [-0.25, -0.2) is 13.8 Å². The fourth-order valence-corrected chi connectivity index (χ4v) is 5.85. The molecule has 1 aliphatic rings.